The van der Waals surface area contributed by atoms with Crippen molar-refractivity contribution >= 4 is 0 Å². The maximum atomic E-state index is 9.00. The summed E-state index contributed by atoms with van der Waals surface area (Å²) >= 11 is 0. The molecule has 1 aromatic carbocycles. The highest BCUT2D eigenvalue weighted by molar-refractivity contribution is 5.27. The van der Waals surface area contributed by atoms with Crippen molar-refractivity contribution in [2.45, 2.75) is 26.4 Å². The van der Waals surface area contributed by atoms with Crippen LogP contribution in [-0.4, -0.2) is 17.8 Å². The lowest BCUT2D eigenvalue weighted by Gasteiger charge is -2.07. The van der Waals surface area contributed by atoms with Gasteiger partial charge < -0.3 is 9.84 Å². The fraction of sp³-hybridized carbons (Fsp3) is 0.455. The number of ether oxygens (including phenoxy) is 1. The molecule has 2 nitrogen and oxygen atoms in total. The highest BCUT2D eigenvalue weighted by Crippen LogP contribution is 2.12. The summed E-state index contributed by atoms with van der Waals surface area (Å²) in [6, 6.07) is 7.91. The molecule has 0 amide bonds. The van der Waals surface area contributed by atoms with E-state index in [1.807, 2.05) is 31.2 Å². The van der Waals surface area contributed by atoms with E-state index in [1.165, 1.54) is 5.56 Å². The van der Waals surface area contributed by atoms with Crippen molar-refractivity contribution < 1.29 is 9.84 Å². The van der Waals surface area contributed by atoms with Crippen LogP contribution in [0.4, 0.5) is 0 Å². The van der Waals surface area contributed by atoms with Crippen molar-refractivity contribution in [3.63, 3.8) is 0 Å². The van der Waals surface area contributed by atoms with E-state index >= 15 is 0 Å². The zero-order chi connectivity index (χ0) is 9.68. The lowest BCUT2D eigenvalue weighted by molar-refractivity contribution is 0.155. The molecule has 72 valence electrons. The number of hydrogen-bond acceptors (Lipinski definition) is 2. The van der Waals surface area contributed by atoms with Gasteiger partial charge in [-0.3, -0.25) is 0 Å². The number of hydrogen-bond donors (Lipinski definition) is 1. The summed E-state index contributed by atoms with van der Waals surface area (Å²) < 4.78 is 5.44. The molecule has 0 aliphatic heterocycles. The Morgan fingerprint density at radius 1 is 1.46 bits per heavy atom. The second kappa shape index (κ2) is 4.87. The van der Waals surface area contributed by atoms with E-state index in [0.29, 0.717) is 13.0 Å². The first-order valence-corrected chi connectivity index (χ1v) is 4.56. The standard InChI is InChI=1S/C11H16O2/c1-9-4-3-5-11(8-9)13-7-6-10(2)12/h3-5,8,10,12H,6-7H2,1-2H3. The first-order valence-electron chi connectivity index (χ1n) is 4.56. The summed E-state index contributed by atoms with van der Waals surface area (Å²) in [4.78, 5) is 0. The number of aliphatic hydroxyl groups is 1. The predicted molar refractivity (Wildman–Crippen MR) is 53.0 cm³/mol. The van der Waals surface area contributed by atoms with E-state index in [9.17, 15) is 0 Å². The summed E-state index contributed by atoms with van der Waals surface area (Å²) in [5.74, 6) is 0.876. The maximum absolute atomic E-state index is 9.00. The first-order chi connectivity index (χ1) is 6.18. The van der Waals surface area contributed by atoms with Gasteiger partial charge in [-0.05, 0) is 31.5 Å². The minimum absolute atomic E-state index is 0.287. The average molecular weight is 180 g/mol. The molecule has 0 heterocycles. The minimum Gasteiger partial charge on any atom is -0.493 e. The van der Waals surface area contributed by atoms with Crippen LogP contribution in [0.5, 0.6) is 5.75 Å². The number of aliphatic hydroxyl groups excluding tert-OH is 1. The molecule has 0 saturated carbocycles. The molecule has 1 rings (SSSR count). The molecule has 0 radical (unpaired) electrons. The van der Waals surface area contributed by atoms with Crippen molar-refractivity contribution in [1.29, 1.82) is 0 Å². The molecule has 0 aliphatic rings. The number of aryl methyl sites for hydroxylation is 1. The van der Waals surface area contributed by atoms with Crippen LogP contribution in [-0.2, 0) is 0 Å². The molecular formula is C11H16O2. The quantitative estimate of drug-likeness (QED) is 0.769. The van der Waals surface area contributed by atoms with Gasteiger partial charge in [0.05, 0.1) is 12.7 Å². The summed E-state index contributed by atoms with van der Waals surface area (Å²) in [6.07, 6.45) is 0.387. The Hall–Kier alpha value is -1.02. The summed E-state index contributed by atoms with van der Waals surface area (Å²) in [6.45, 7) is 4.36. The van der Waals surface area contributed by atoms with Gasteiger partial charge in [0, 0.05) is 6.42 Å². The monoisotopic (exact) mass is 180 g/mol. The van der Waals surface area contributed by atoms with Gasteiger partial charge in [0.1, 0.15) is 5.75 Å². The molecule has 0 aromatic heterocycles. The van der Waals surface area contributed by atoms with Crippen LogP contribution in [0.25, 0.3) is 0 Å². The molecule has 1 N–H and O–H groups in total. The fourth-order valence-corrected chi connectivity index (χ4v) is 1.05. The molecule has 0 saturated heterocycles. The number of benzene rings is 1. The molecular weight excluding hydrogens is 164 g/mol. The second-order valence-corrected chi connectivity index (χ2v) is 3.30. The second-order valence-electron chi connectivity index (χ2n) is 3.30. The molecule has 0 bridgehead atoms. The van der Waals surface area contributed by atoms with Crippen LogP contribution >= 0.6 is 0 Å². The van der Waals surface area contributed by atoms with Gasteiger partial charge in [-0.25, -0.2) is 0 Å². The minimum atomic E-state index is -0.287. The third-order valence-electron chi connectivity index (χ3n) is 1.79. The Labute approximate surface area is 79.2 Å². The Bertz CT molecular complexity index is 256. The molecule has 0 aliphatic carbocycles. The van der Waals surface area contributed by atoms with Gasteiger partial charge in [0.15, 0.2) is 0 Å². The van der Waals surface area contributed by atoms with E-state index in [1.54, 1.807) is 6.92 Å². The smallest absolute Gasteiger partial charge is 0.119 e. The van der Waals surface area contributed by atoms with Crippen LogP contribution in [0.2, 0.25) is 0 Å². The zero-order valence-corrected chi connectivity index (χ0v) is 8.16. The van der Waals surface area contributed by atoms with Crippen molar-refractivity contribution in [3.8, 4) is 5.75 Å². The SMILES string of the molecule is Cc1cccc(OCCC(C)O)c1. The molecule has 2 heteroatoms. The van der Waals surface area contributed by atoms with Crippen LogP contribution < -0.4 is 4.74 Å². The molecule has 0 spiro atoms. The van der Waals surface area contributed by atoms with Crippen LogP contribution in [0, 0.1) is 6.92 Å². The normalized spacial score (nSPS) is 12.5. The third kappa shape index (κ3) is 3.95. The van der Waals surface area contributed by atoms with E-state index in [0.717, 1.165) is 5.75 Å². The Morgan fingerprint density at radius 3 is 2.85 bits per heavy atom. The maximum Gasteiger partial charge on any atom is 0.119 e. The average Bonchev–Trinajstić information content (AvgIpc) is 2.03. The van der Waals surface area contributed by atoms with Gasteiger partial charge >= 0.3 is 0 Å². The Morgan fingerprint density at radius 2 is 2.23 bits per heavy atom. The van der Waals surface area contributed by atoms with E-state index < -0.39 is 0 Å². The zero-order valence-electron chi connectivity index (χ0n) is 8.16. The molecule has 1 unspecified atom stereocenters. The topological polar surface area (TPSA) is 29.5 Å². The van der Waals surface area contributed by atoms with E-state index in [-0.39, 0.29) is 6.10 Å². The fourth-order valence-electron chi connectivity index (χ4n) is 1.05. The largest absolute Gasteiger partial charge is 0.493 e. The van der Waals surface area contributed by atoms with Crippen molar-refractivity contribution in [2.75, 3.05) is 6.61 Å². The number of rotatable bonds is 4. The van der Waals surface area contributed by atoms with Crippen molar-refractivity contribution in [2.24, 2.45) is 0 Å². The van der Waals surface area contributed by atoms with Gasteiger partial charge in [-0.15, -0.1) is 0 Å². The van der Waals surface area contributed by atoms with Crippen LogP contribution in [0.1, 0.15) is 18.9 Å². The predicted octanol–water partition coefficient (Wildman–Crippen LogP) is 2.14. The lowest BCUT2D eigenvalue weighted by Crippen LogP contribution is -2.07. The van der Waals surface area contributed by atoms with Gasteiger partial charge in [-0.1, -0.05) is 12.1 Å². The third-order valence-corrected chi connectivity index (χ3v) is 1.79. The Kier molecular flexibility index (Phi) is 3.77. The van der Waals surface area contributed by atoms with Crippen molar-refractivity contribution in [3.05, 3.63) is 29.8 Å². The van der Waals surface area contributed by atoms with Gasteiger partial charge in [0.2, 0.25) is 0 Å². The summed E-state index contributed by atoms with van der Waals surface area (Å²) in [5, 5.41) is 9.00. The molecule has 0 fully saturated rings. The molecule has 1 aromatic rings. The lowest BCUT2D eigenvalue weighted by atomic mass is 10.2. The summed E-state index contributed by atoms with van der Waals surface area (Å²) in [7, 11) is 0. The van der Waals surface area contributed by atoms with E-state index in [4.69, 9.17) is 9.84 Å². The molecule has 1 atom stereocenters. The van der Waals surface area contributed by atoms with Crippen molar-refractivity contribution in [1.82, 2.24) is 0 Å². The van der Waals surface area contributed by atoms with E-state index in [2.05, 4.69) is 0 Å². The van der Waals surface area contributed by atoms with Gasteiger partial charge in [-0.2, -0.15) is 0 Å². The summed E-state index contributed by atoms with van der Waals surface area (Å²) in [5.41, 5.74) is 1.19. The first kappa shape index (κ1) is 10.1. The van der Waals surface area contributed by atoms with Crippen LogP contribution in [0.15, 0.2) is 24.3 Å². The van der Waals surface area contributed by atoms with Crippen LogP contribution in [0.3, 0.4) is 0 Å². The van der Waals surface area contributed by atoms with Gasteiger partial charge in [0.25, 0.3) is 0 Å². The highest BCUT2D eigenvalue weighted by Gasteiger charge is 1.97. The molecule has 13 heavy (non-hydrogen) atoms. The Balaban J connectivity index is 2.37. The highest BCUT2D eigenvalue weighted by atomic mass is 16.5.